The van der Waals surface area contributed by atoms with E-state index in [4.69, 9.17) is 9.47 Å². The van der Waals surface area contributed by atoms with Crippen molar-refractivity contribution in [2.75, 3.05) is 67.6 Å². The van der Waals surface area contributed by atoms with E-state index in [0.29, 0.717) is 31.7 Å². The maximum absolute atomic E-state index is 13.0. The van der Waals surface area contributed by atoms with Crippen LogP contribution in [0.2, 0.25) is 0 Å². The van der Waals surface area contributed by atoms with Crippen LogP contribution in [0.15, 0.2) is 42.5 Å². The fourth-order valence-corrected chi connectivity index (χ4v) is 4.33. The van der Waals surface area contributed by atoms with Gasteiger partial charge in [0.05, 0.1) is 13.2 Å². The predicted molar refractivity (Wildman–Crippen MR) is 139 cm³/mol. The number of carbonyl (C=O) groups excluding carboxylic acids is 2. The number of carbonyl (C=O) groups is 2. The molecule has 2 heterocycles. The molecule has 2 aliphatic rings. The van der Waals surface area contributed by atoms with Crippen molar-refractivity contribution in [3.8, 4) is 0 Å². The van der Waals surface area contributed by atoms with E-state index in [1.165, 1.54) is 0 Å². The van der Waals surface area contributed by atoms with E-state index in [9.17, 15) is 9.59 Å². The standard InChI is InChI=1S/C27H36N4O4/c1-20-5-6-21(19-24(20)30-11-13-31(14-12-30)26(33)35-27(2,3)4)25(32)28-22-7-9-23(10-8-22)29-15-17-34-18-16-29/h5-10,19H,11-18H2,1-4H3,(H,28,32). The summed E-state index contributed by atoms with van der Waals surface area (Å²) < 4.78 is 10.9. The Hall–Kier alpha value is -3.26. The van der Waals surface area contributed by atoms with Gasteiger partial charge in [-0.1, -0.05) is 6.07 Å². The number of ether oxygens (including phenoxy) is 2. The smallest absolute Gasteiger partial charge is 0.410 e. The van der Waals surface area contributed by atoms with Crippen molar-refractivity contribution in [1.29, 1.82) is 0 Å². The van der Waals surface area contributed by atoms with Crippen molar-refractivity contribution < 1.29 is 19.1 Å². The number of nitrogens with one attached hydrogen (secondary N) is 1. The maximum atomic E-state index is 13.0. The first-order valence-electron chi connectivity index (χ1n) is 12.3. The second-order valence-electron chi connectivity index (χ2n) is 10.1. The largest absolute Gasteiger partial charge is 0.444 e. The van der Waals surface area contributed by atoms with Gasteiger partial charge in [-0.3, -0.25) is 4.79 Å². The van der Waals surface area contributed by atoms with Gasteiger partial charge in [-0.2, -0.15) is 0 Å². The van der Waals surface area contributed by atoms with E-state index in [0.717, 1.165) is 48.9 Å². The van der Waals surface area contributed by atoms with Gasteiger partial charge < -0.3 is 29.5 Å². The van der Waals surface area contributed by atoms with Crippen LogP contribution >= 0.6 is 0 Å². The molecule has 2 aliphatic heterocycles. The molecule has 0 saturated carbocycles. The molecule has 2 fully saturated rings. The number of benzene rings is 2. The van der Waals surface area contributed by atoms with Crippen LogP contribution in [0.3, 0.4) is 0 Å². The zero-order valence-corrected chi connectivity index (χ0v) is 21.2. The summed E-state index contributed by atoms with van der Waals surface area (Å²) in [5.74, 6) is -0.141. The molecule has 0 aliphatic carbocycles. The average molecular weight is 481 g/mol. The summed E-state index contributed by atoms with van der Waals surface area (Å²) in [6.45, 7) is 13.4. The molecular formula is C27H36N4O4. The number of piperazine rings is 1. The van der Waals surface area contributed by atoms with Gasteiger partial charge in [-0.15, -0.1) is 0 Å². The number of rotatable bonds is 4. The van der Waals surface area contributed by atoms with Gasteiger partial charge in [-0.25, -0.2) is 4.79 Å². The molecule has 0 spiro atoms. The van der Waals surface area contributed by atoms with Crippen molar-refractivity contribution in [1.82, 2.24) is 4.90 Å². The lowest BCUT2D eigenvalue weighted by Crippen LogP contribution is -2.50. The fraction of sp³-hybridized carbons (Fsp3) is 0.481. The summed E-state index contributed by atoms with van der Waals surface area (Å²) in [7, 11) is 0. The molecule has 0 unspecified atom stereocenters. The van der Waals surface area contributed by atoms with E-state index >= 15 is 0 Å². The number of aryl methyl sites for hydroxylation is 1. The third kappa shape index (κ3) is 6.45. The highest BCUT2D eigenvalue weighted by Crippen LogP contribution is 2.25. The molecule has 0 bridgehead atoms. The second kappa shape index (κ2) is 10.6. The van der Waals surface area contributed by atoms with Gasteiger partial charge in [-0.05, 0) is 69.7 Å². The Morgan fingerprint density at radius 3 is 2.17 bits per heavy atom. The lowest BCUT2D eigenvalue weighted by Gasteiger charge is -2.37. The first kappa shape index (κ1) is 24.9. The third-order valence-corrected chi connectivity index (χ3v) is 6.24. The minimum atomic E-state index is -0.505. The minimum absolute atomic E-state index is 0.141. The molecule has 0 aromatic heterocycles. The normalized spacial score (nSPS) is 16.7. The van der Waals surface area contributed by atoms with Crippen molar-refractivity contribution in [3.63, 3.8) is 0 Å². The fourth-order valence-electron chi connectivity index (χ4n) is 4.33. The number of morpholine rings is 1. The van der Waals surface area contributed by atoms with E-state index < -0.39 is 5.60 Å². The van der Waals surface area contributed by atoms with Gasteiger partial charge >= 0.3 is 6.09 Å². The number of hydrogen-bond donors (Lipinski definition) is 1. The molecule has 8 nitrogen and oxygen atoms in total. The minimum Gasteiger partial charge on any atom is -0.444 e. The quantitative estimate of drug-likeness (QED) is 0.709. The lowest BCUT2D eigenvalue weighted by molar-refractivity contribution is 0.0240. The first-order chi connectivity index (χ1) is 16.7. The summed E-state index contributed by atoms with van der Waals surface area (Å²) >= 11 is 0. The molecule has 2 aromatic rings. The first-order valence-corrected chi connectivity index (χ1v) is 12.3. The van der Waals surface area contributed by atoms with E-state index in [2.05, 4.69) is 15.1 Å². The molecule has 2 aromatic carbocycles. The molecule has 0 atom stereocenters. The highest BCUT2D eigenvalue weighted by molar-refractivity contribution is 6.05. The van der Waals surface area contributed by atoms with E-state index in [-0.39, 0.29) is 12.0 Å². The van der Waals surface area contributed by atoms with Crippen LogP contribution in [0.4, 0.5) is 21.9 Å². The van der Waals surface area contributed by atoms with Gasteiger partial charge in [0.15, 0.2) is 0 Å². The molecule has 2 amide bonds. The summed E-state index contributed by atoms with van der Waals surface area (Å²) in [6, 6.07) is 13.7. The Kier molecular flexibility index (Phi) is 7.50. The van der Waals surface area contributed by atoms with Crippen LogP contribution in [0.25, 0.3) is 0 Å². The SMILES string of the molecule is Cc1ccc(C(=O)Nc2ccc(N3CCOCC3)cc2)cc1N1CCN(C(=O)OC(C)(C)C)CC1. The molecule has 35 heavy (non-hydrogen) atoms. The Balaban J connectivity index is 1.37. The Morgan fingerprint density at radius 1 is 0.886 bits per heavy atom. The Morgan fingerprint density at radius 2 is 1.54 bits per heavy atom. The van der Waals surface area contributed by atoms with Crippen LogP contribution in [0.1, 0.15) is 36.7 Å². The second-order valence-corrected chi connectivity index (χ2v) is 10.1. The third-order valence-electron chi connectivity index (χ3n) is 6.24. The number of hydrogen-bond acceptors (Lipinski definition) is 6. The van der Waals surface area contributed by atoms with Crippen LogP contribution in [0, 0.1) is 6.92 Å². The molecule has 1 N–H and O–H groups in total. The highest BCUT2D eigenvalue weighted by atomic mass is 16.6. The number of amides is 2. The van der Waals surface area contributed by atoms with Crippen molar-refractivity contribution in [2.24, 2.45) is 0 Å². The van der Waals surface area contributed by atoms with Gasteiger partial charge in [0.25, 0.3) is 5.91 Å². The van der Waals surface area contributed by atoms with Crippen LogP contribution in [0.5, 0.6) is 0 Å². The molecular weight excluding hydrogens is 444 g/mol. The van der Waals surface area contributed by atoms with E-state index in [1.807, 2.05) is 70.2 Å². The summed E-state index contributed by atoms with van der Waals surface area (Å²) in [6.07, 6.45) is -0.276. The van der Waals surface area contributed by atoms with Crippen LogP contribution in [-0.4, -0.2) is 75.0 Å². The van der Waals surface area contributed by atoms with Crippen LogP contribution in [-0.2, 0) is 9.47 Å². The lowest BCUT2D eigenvalue weighted by atomic mass is 10.1. The summed E-state index contributed by atoms with van der Waals surface area (Å²) in [5.41, 5.74) is 4.12. The zero-order valence-electron chi connectivity index (χ0n) is 21.2. The summed E-state index contributed by atoms with van der Waals surface area (Å²) in [5, 5.41) is 3.01. The predicted octanol–water partition coefficient (Wildman–Crippen LogP) is 4.14. The maximum Gasteiger partial charge on any atom is 0.410 e. The number of nitrogens with zero attached hydrogens (tertiary/aromatic N) is 3. The van der Waals surface area contributed by atoms with Gasteiger partial charge in [0, 0.05) is 61.9 Å². The topological polar surface area (TPSA) is 74.4 Å². The van der Waals surface area contributed by atoms with Gasteiger partial charge in [0.1, 0.15) is 5.60 Å². The van der Waals surface area contributed by atoms with Crippen molar-refractivity contribution >= 4 is 29.1 Å². The summed E-state index contributed by atoms with van der Waals surface area (Å²) in [4.78, 5) is 31.6. The average Bonchev–Trinajstić information content (AvgIpc) is 2.84. The highest BCUT2D eigenvalue weighted by Gasteiger charge is 2.26. The van der Waals surface area contributed by atoms with Crippen LogP contribution < -0.4 is 15.1 Å². The van der Waals surface area contributed by atoms with E-state index in [1.54, 1.807) is 4.90 Å². The molecule has 2 saturated heterocycles. The van der Waals surface area contributed by atoms with Crippen molar-refractivity contribution in [2.45, 2.75) is 33.3 Å². The van der Waals surface area contributed by atoms with Crippen molar-refractivity contribution in [3.05, 3.63) is 53.6 Å². The molecule has 4 rings (SSSR count). The molecule has 0 radical (unpaired) electrons. The molecule has 188 valence electrons. The Labute approximate surface area is 207 Å². The molecule has 8 heteroatoms. The van der Waals surface area contributed by atoms with Gasteiger partial charge in [0.2, 0.25) is 0 Å². The number of anilines is 3. The monoisotopic (exact) mass is 480 g/mol. The zero-order chi connectivity index (χ0) is 25.0. The Bertz CT molecular complexity index is 1030.